The van der Waals surface area contributed by atoms with Gasteiger partial charge in [0.2, 0.25) is 5.91 Å². The predicted molar refractivity (Wildman–Crippen MR) is 52.0 cm³/mol. The number of benzene rings is 1. The minimum absolute atomic E-state index is 0.184. The van der Waals surface area contributed by atoms with E-state index in [-0.39, 0.29) is 11.3 Å². The summed E-state index contributed by atoms with van der Waals surface area (Å²) in [6, 6.07) is 5.01. The molecule has 0 aliphatic rings. The summed E-state index contributed by atoms with van der Waals surface area (Å²) in [5, 5.41) is 19.1. The number of nitriles is 1. The van der Waals surface area contributed by atoms with Crippen molar-refractivity contribution in [3.63, 3.8) is 0 Å². The Labute approximate surface area is 90.1 Å². The van der Waals surface area contributed by atoms with Gasteiger partial charge in [-0.3, -0.25) is 9.59 Å². The summed E-state index contributed by atoms with van der Waals surface area (Å²) >= 11 is 0. The van der Waals surface area contributed by atoms with Gasteiger partial charge in [-0.15, -0.1) is 0 Å². The van der Waals surface area contributed by atoms with Crippen LogP contribution >= 0.6 is 0 Å². The Morgan fingerprint density at radius 3 is 2.75 bits per heavy atom. The molecule has 1 aromatic rings. The van der Waals surface area contributed by atoms with E-state index in [4.69, 9.17) is 10.4 Å². The van der Waals surface area contributed by atoms with E-state index in [9.17, 15) is 14.0 Å². The third-order valence-corrected chi connectivity index (χ3v) is 1.68. The number of nitrogens with zero attached hydrogens (tertiary/aromatic N) is 1. The number of aliphatic carboxylic acids is 1. The van der Waals surface area contributed by atoms with Gasteiger partial charge in [0, 0.05) is 5.69 Å². The van der Waals surface area contributed by atoms with Gasteiger partial charge >= 0.3 is 5.97 Å². The van der Waals surface area contributed by atoms with Crippen LogP contribution in [-0.2, 0) is 9.59 Å². The highest BCUT2D eigenvalue weighted by Crippen LogP contribution is 2.13. The molecule has 0 aromatic heterocycles. The zero-order chi connectivity index (χ0) is 12.1. The standard InChI is InChI=1S/C10H7FN2O3/c11-8-2-1-7(3-6(8)5-12)13-9(14)4-10(15)16/h1-3H,4H2,(H,13,14)(H,15,16). The summed E-state index contributed by atoms with van der Waals surface area (Å²) in [6.45, 7) is 0. The van der Waals surface area contributed by atoms with Crippen molar-refractivity contribution in [2.24, 2.45) is 0 Å². The molecule has 0 saturated carbocycles. The zero-order valence-corrected chi connectivity index (χ0v) is 8.03. The number of nitrogens with one attached hydrogen (secondary N) is 1. The van der Waals surface area contributed by atoms with E-state index in [1.807, 2.05) is 0 Å². The first kappa shape index (κ1) is 11.7. The molecular formula is C10H7FN2O3. The average molecular weight is 222 g/mol. The minimum atomic E-state index is -1.26. The number of carboxylic acid groups (broad SMARTS) is 1. The molecule has 5 nitrogen and oxygen atoms in total. The van der Waals surface area contributed by atoms with Crippen molar-refractivity contribution in [1.82, 2.24) is 0 Å². The molecule has 2 N–H and O–H groups in total. The summed E-state index contributed by atoms with van der Waals surface area (Å²) < 4.78 is 12.9. The molecular weight excluding hydrogens is 215 g/mol. The molecule has 6 heteroatoms. The van der Waals surface area contributed by atoms with E-state index >= 15 is 0 Å². The molecule has 0 aliphatic carbocycles. The minimum Gasteiger partial charge on any atom is -0.481 e. The second kappa shape index (κ2) is 4.89. The Kier molecular flexibility index (Phi) is 3.56. The summed E-state index contributed by atoms with van der Waals surface area (Å²) in [6.07, 6.45) is -0.681. The maximum atomic E-state index is 12.9. The number of amides is 1. The van der Waals surface area contributed by atoms with Crippen molar-refractivity contribution < 1.29 is 19.1 Å². The molecule has 0 atom stereocenters. The molecule has 0 saturated heterocycles. The molecule has 1 aromatic carbocycles. The molecule has 0 heterocycles. The van der Waals surface area contributed by atoms with E-state index in [2.05, 4.69) is 5.32 Å². The van der Waals surface area contributed by atoms with Gasteiger partial charge in [0.15, 0.2) is 0 Å². The lowest BCUT2D eigenvalue weighted by Crippen LogP contribution is -2.16. The number of carbonyl (C=O) groups is 2. The normalized spacial score (nSPS) is 9.25. The number of carbonyl (C=O) groups excluding carboxylic acids is 1. The highest BCUT2D eigenvalue weighted by Gasteiger charge is 2.09. The Balaban J connectivity index is 2.79. The maximum absolute atomic E-state index is 12.9. The first-order valence-electron chi connectivity index (χ1n) is 4.24. The first-order valence-corrected chi connectivity index (χ1v) is 4.24. The average Bonchev–Trinajstić information content (AvgIpc) is 2.19. The van der Waals surface area contributed by atoms with Crippen LogP contribution in [0.4, 0.5) is 10.1 Å². The first-order chi connectivity index (χ1) is 7.52. The second-order valence-corrected chi connectivity index (χ2v) is 2.93. The van der Waals surface area contributed by atoms with Crippen LogP contribution in [-0.4, -0.2) is 17.0 Å². The fraction of sp³-hybridized carbons (Fsp3) is 0.100. The van der Waals surface area contributed by atoms with Gasteiger partial charge in [0.25, 0.3) is 0 Å². The number of hydrogen-bond donors (Lipinski definition) is 2. The summed E-state index contributed by atoms with van der Waals surface area (Å²) in [5.74, 6) is -2.69. The summed E-state index contributed by atoms with van der Waals surface area (Å²) in [5.41, 5.74) is -0.0303. The number of hydrogen-bond acceptors (Lipinski definition) is 3. The topological polar surface area (TPSA) is 90.2 Å². The zero-order valence-electron chi connectivity index (χ0n) is 8.03. The lowest BCUT2D eigenvalue weighted by Gasteiger charge is -2.03. The molecule has 0 unspecified atom stereocenters. The van der Waals surface area contributed by atoms with Crippen molar-refractivity contribution in [2.45, 2.75) is 6.42 Å². The van der Waals surface area contributed by atoms with Crippen LogP contribution in [0.5, 0.6) is 0 Å². The van der Waals surface area contributed by atoms with E-state index in [0.29, 0.717) is 0 Å². The van der Waals surface area contributed by atoms with Crippen LogP contribution in [0.25, 0.3) is 0 Å². The van der Waals surface area contributed by atoms with Crippen molar-refractivity contribution in [3.05, 3.63) is 29.6 Å². The summed E-state index contributed by atoms with van der Waals surface area (Å²) in [4.78, 5) is 21.2. The molecule has 0 radical (unpaired) electrons. The molecule has 1 amide bonds. The fourth-order valence-electron chi connectivity index (χ4n) is 1.03. The number of halogens is 1. The largest absolute Gasteiger partial charge is 0.481 e. The smallest absolute Gasteiger partial charge is 0.312 e. The predicted octanol–water partition coefficient (Wildman–Crippen LogP) is 1.11. The maximum Gasteiger partial charge on any atom is 0.312 e. The van der Waals surface area contributed by atoms with Gasteiger partial charge in [-0.25, -0.2) is 4.39 Å². The Morgan fingerprint density at radius 2 is 2.19 bits per heavy atom. The van der Waals surface area contributed by atoms with Crippen molar-refractivity contribution in [3.8, 4) is 6.07 Å². The lowest BCUT2D eigenvalue weighted by atomic mass is 10.2. The number of carboxylic acids is 1. The molecule has 1 rings (SSSR count). The monoisotopic (exact) mass is 222 g/mol. The number of anilines is 1. The van der Waals surface area contributed by atoms with E-state index in [0.717, 1.165) is 12.1 Å². The third-order valence-electron chi connectivity index (χ3n) is 1.68. The molecule has 0 fully saturated rings. The Morgan fingerprint density at radius 1 is 1.50 bits per heavy atom. The van der Waals surface area contributed by atoms with Gasteiger partial charge in [-0.05, 0) is 18.2 Å². The van der Waals surface area contributed by atoms with Crippen LogP contribution in [0, 0.1) is 17.1 Å². The van der Waals surface area contributed by atoms with Crippen LogP contribution in [0.3, 0.4) is 0 Å². The van der Waals surface area contributed by atoms with Crippen LogP contribution in [0.1, 0.15) is 12.0 Å². The molecule has 0 bridgehead atoms. The van der Waals surface area contributed by atoms with Crippen molar-refractivity contribution >= 4 is 17.6 Å². The van der Waals surface area contributed by atoms with Gasteiger partial charge in [0.1, 0.15) is 18.3 Å². The van der Waals surface area contributed by atoms with Crippen molar-refractivity contribution in [1.29, 1.82) is 5.26 Å². The van der Waals surface area contributed by atoms with Crippen LogP contribution in [0.2, 0.25) is 0 Å². The molecule has 0 aliphatic heterocycles. The summed E-state index contributed by atoms with van der Waals surface area (Å²) in [7, 11) is 0. The molecule has 82 valence electrons. The Bertz CT molecular complexity index is 479. The fourth-order valence-corrected chi connectivity index (χ4v) is 1.03. The second-order valence-electron chi connectivity index (χ2n) is 2.93. The highest BCUT2D eigenvalue weighted by molar-refractivity contribution is 6.01. The van der Waals surface area contributed by atoms with Crippen LogP contribution in [0.15, 0.2) is 18.2 Å². The highest BCUT2D eigenvalue weighted by atomic mass is 19.1. The third kappa shape index (κ3) is 3.06. The number of rotatable bonds is 3. The van der Waals surface area contributed by atoms with E-state index in [1.54, 1.807) is 6.07 Å². The molecule has 16 heavy (non-hydrogen) atoms. The van der Waals surface area contributed by atoms with Crippen molar-refractivity contribution in [2.75, 3.05) is 5.32 Å². The molecule has 0 spiro atoms. The SMILES string of the molecule is N#Cc1cc(NC(=O)CC(=O)O)ccc1F. The van der Waals surface area contributed by atoms with Gasteiger partial charge in [-0.2, -0.15) is 5.26 Å². The van der Waals surface area contributed by atoms with Crippen LogP contribution < -0.4 is 5.32 Å². The van der Waals surface area contributed by atoms with E-state index in [1.165, 1.54) is 6.07 Å². The van der Waals surface area contributed by atoms with Gasteiger partial charge in [-0.1, -0.05) is 0 Å². The lowest BCUT2D eigenvalue weighted by molar-refractivity contribution is -0.139. The van der Waals surface area contributed by atoms with Gasteiger partial charge < -0.3 is 10.4 Å². The van der Waals surface area contributed by atoms with Gasteiger partial charge in [0.05, 0.1) is 5.56 Å². The Hall–Kier alpha value is -2.42. The quantitative estimate of drug-likeness (QED) is 0.749. The van der Waals surface area contributed by atoms with E-state index < -0.39 is 24.1 Å².